The number of fused-ring (bicyclic) bond motifs is 1. The summed E-state index contributed by atoms with van der Waals surface area (Å²) in [4.78, 5) is 78.3. The molecule has 3 unspecified atom stereocenters. The SMILES string of the molecule is CN(C(=O)CCl)C(Cc1ccccc1)C(=O)N1CCCC[C@H]1C(=O)NC(Cc1c[nH]c2ccccc12)C(=O)NC(CCc1ccccc1)C(=O)N1CCCCC1. The highest BCUT2D eigenvalue weighted by Gasteiger charge is 2.40. The molecule has 6 rings (SSSR count). The molecule has 4 aromatic rings. The third kappa shape index (κ3) is 10.2. The molecule has 3 aromatic carbocycles. The van der Waals surface area contributed by atoms with Crippen molar-refractivity contribution in [3.05, 3.63) is 108 Å². The van der Waals surface area contributed by atoms with Crippen LogP contribution in [0.2, 0.25) is 0 Å². The molecular formula is C44H53ClN6O5. The number of nitrogens with one attached hydrogen (secondary N) is 3. The number of amides is 5. The molecule has 0 aliphatic carbocycles. The van der Waals surface area contributed by atoms with E-state index < -0.39 is 41.9 Å². The van der Waals surface area contributed by atoms with Crippen LogP contribution < -0.4 is 10.6 Å². The first-order chi connectivity index (χ1) is 27.2. The minimum absolute atomic E-state index is 0.115. The molecule has 0 radical (unpaired) electrons. The lowest BCUT2D eigenvalue weighted by Crippen LogP contribution is -2.61. The monoisotopic (exact) mass is 780 g/mol. The number of piperidine rings is 2. The zero-order chi connectivity index (χ0) is 39.4. The fourth-order valence-electron chi connectivity index (χ4n) is 7.97. The zero-order valence-corrected chi connectivity index (χ0v) is 32.9. The molecule has 3 N–H and O–H groups in total. The van der Waals surface area contributed by atoms with Gasteiger partial charge in [0.1, 0.15) is 30.0 Å². The highest BCUT2D eigenvalue weighted by molar-refractivity contribution is 6.27. The van der Waals surface area contributed by atoms with Crippen molar-refractivity contribution in [2.45, 2.75) is 88.4 Å². The second kappa shape index (κ2) is 19.6. The van der Waals surface area contributed by atoms with Gasteiger partial charge in [0.15, 0.2) is 0 Å². The van der Waals surface area contributed by atoms with Crippen molar-refractivity contribution in [2.75, 3.05) is 32.6 Å². The summed E-state index contributed by atoms with van der Waals surface area (Å²) in [6.07, 6.45) is 7.97. The molecule has 2 fully saturated rings. The molecule has 2 aliphatic rings. The van der Waals surface area contributed by atoms with E-state index in [0.29, 0.717) is 51.7 Å². The topological polar surface area (TPSA) is 135 Å². The molecule has 296 valence electrons. The standard InChI is InChI=1S/C44H53ClN6O5/c1-49(40(52)29-45)39(27-32-17-7-3-8-18-32)44(56)51-26-14-11-21-38(51)42(54)48-37(28-33-30-46-35-20-10-9-19-34(33)35)41(53)47-36(23-22-31-15-5-2-6-16-31)43(55)50-24-12-4-13-25-50/h2-3,5-10,15-20,30,36-39,46H,4,11-14,21-29H2,1H3,(H,47,53)(H,48,54)/t36?,37?,38-,39?/m0/s1. The predicted molar refractivity (Wildman–Crippen MR) is 218 cm³/mol. The molecule has 12 heteroatoms. The maximum atomic E-state index is 14.5. The second-order valence-corrected chi connectivity index (χ2v) is 15.3. The lowest BCUT2D eigenvalue weighted by molar-refractivity contribution is -0.150. The number of rotatable bonds is 15. The van der Waals surface area contributed by atoms with Crippen LogP contribution in [0.5, 0.6) is 0 Å². The largest absolute Gasteiger partial charge is 0.361 e. The van der Waals surface area contributed by atoms with E-state index in [-0.39, 0.29) is 30.5 Å². The van der Waals surface area contributed by atoms with Crippen LogP contribution in [0.4, 0.5) is 0 Å². The number of aromatic amines is 1. The van der Waals surface area contributed by atoms with Crippen molar-refractivity contribution < 1.29 is 24.0 Å². The van der Waals surface area contributed by atoms with Gasteiger partial charge in [0.25, 0.3) is 0 Å². The Morgan fingerprint density at radius 2 is 1.43 bits per heavy atom. The van der Waals surface area contributed by atoms with Gasteiger partial charge in [-0.05, 0) is 74.1 Å². The minimum atomic E-state index is -1.05. The van der Waals surface area contributed by atoms with Crippen LogP contribution in [-0.4, -0.2) is 106 Å². The maximum Gasteiger partial charge on any atom is 0.246 e. The summed E-state index contributed by atoms with van der Waals surface area (Å²) in [6.45, 7) is 1.62. The van der Waals surface area contributed by atoms with Gasteiger partial charge >= 0.3 is 0 Å². The molecule has 0 saturated carbocycles. The Hall–Kier alpha value is -5.16. The average Bonchev–Trinajstić information content (AvgIpc) is 3.66. The van der Waals surface area contributed by atoms with Crippen LogP contribution in [0.25, 0.3) is 10.9 Å². The van der Waals surface area contributed by atoms with Crippen molar-refractivity contribution in [1.82, 2.24) is 30.3 Å². The number of carbonyl (C=O) groups is 5. The minimum Gasteiger partial charge on any atom is -0.361 e. The Balaban J connectivity index is 1.26. The van der Waals surface area contributed by atoms with E-state index >= 15 is 0 Å². The van der Waals surface area contributed by atoms with Crippen molar-refractivity contribution in [3.63, 3.8) is 0 Å². The molecule has 2 aliphatic heterocycles. The number of H-pyrrole nitrogens is 1. The van der Waals surface area contributed by atoms with Gasteiger partial charge in [-0.2, -0.15) is 0 Å². The van der Waals surface area contributed by atoms with Crippen molar-refractivity contribution in [1.29, 1.82) is 0 Å². The van der Waals surface area contributed by atoms with Crippen LogP contribution in [0.3, 0.4) is 0 Å². The second-order valence-electron chi connectivity index (χ2n) is 15.0. The van der Waals surface area contributed by atoms with Crippen LogP contribution in [-0.2, 0) is 43.2 Å². The number of halogens is 1. The molecule has 3 heterocycles. The Bertz CT molecular complexity index is 1950. The molecule has 11 nitrogen and oxygen atoms in total. The smallest absolute Gasteiger partial charge is 0.246 e. The number of para-hydroxylation sites is 1. The maximum absolute atomic E-state index is 14.5. The van der Waals surface area contributed by atoms with Gasteiger partial charge in [0.05, 0.1) is 0 Å². The molecule has 5 amide bonds. The number of likely N-dealkylation sites (tertiary alicyclic amines) is 2. The van der Waals surface area contributed by atoms with Gasteiger partial charge in [-0.3, -0.25) is 24.0 Å². The van der Waals surface area contributed by atoms with Crippen LogP contribution in [0.1, 0.15) is 61.6 Å². The van der Waals surface area contributed by atoms with Gasteiger partial charge in [-0.15, -0.1) is 11.6 Å². The van der Waals surface area contributed by atoms with Crippen molar-refractivity contribution in [3.8, 4) is 0 Å². The number of benzene rings is 3. The number of nitrogens with zero attached hydrogens (tertiary/aromatic N) is 3. The highest BCUT2D eigenvalue weighted by atomic mass is 35.5. The zero-order valence-electron chi connectivity index (χ0n) is 32.1. The Kier molecular flexibility index (Phi) is 14.2. The highest BCUT2D eigenvalue weighted by Crippen LogP contribution is 2.24. The Morgan fingerprint density at radius 1 is 0.768 bits per heavy atom. The summed E-state index contributed by atoms with van der Waals surface area (Å²) in [5.74, 6) is -2.05. The first kappa shape index (κ1) is 40.5. The number of aromatic nitrogens is 1. The van der Waals surface area contributed by atoms with Crippen LogP contribution in [0.15, 0.2) is 91.1 Å². The van der Waals surface area contributed by atoms with E-state index in [1.165, 1.54) is 4.90 Å². The lowest BCUT2D eigenvalue weighted by Gasteiger charge is -2.39. The van der Waals surface area contributed by atoms with Gasteiger partial charge in [-0.25, -0.2) is 0 Å². The first-order valence-electron chi connectivity index (χ1n) is 19.9. The summed E-state index contributed by atoms with van der Waals surface area (Å²) in [6, 6.07) is 23.5. The number of hydrogen-bond acceptors (Lipinski definition) is 5. The van der Waals surface area contributed by atoms with Crippen molar-refractivity contribution >= 4 is 52.0 Å². The van der Waals surface area contributed by atoms with E-state index in [0.717, 1.165) is 46.9 Å². The van der Waals surface area contributed by atoms with Crippen molar-refractivity contribution in [2.24, 2.45) is 0 Å². The van der Waals surface area contributed by atoms with Gasteiger partial charge in [0, 0.05) is 56.6 Å². The third-order valence-electron chi connectivity index (χ3n) is 11.2. The number of carbonyl (C=O) groups excluding carboxylic acids is 5. The fourth-order valence-corrected chi connectivity index (χ4v) is 8.16. The number of likely N-dealkylation sites (N-methyl/N-ethyl adjacent to an activating group) is 1. The van der Waals surface area contributed by atoms with Crippen LogP contribution >= 0.6 is 11.6 Å². The molecular weight excluding hydrogens is 728 g/mol. The normalized spacial score (nSPS) is 17.4. The summed E-state index contributed by atoms with van der Waals surface area (Å²) in [7, 11) is 1.57. The molecule has 0 spiro atoms. The summed E-state index contributed by atoms with van der Waals surface area (Å²) < 4.78 is 0. The molecule has 56 heavy (non-hydrogen) atoms. The summed E-state index contributed by atoms with van der Waals surface area (Å²) in [5, 5.41) is 7.04. The number of hydrogen-bond donors (Lipinski definition) is 3. The Morgan fingerprint density at radius 3 is 2.14 bits per heavy atom. The van der Waals surface area contributed by atoms with E-state index in [2.05, 4.69) is 15.6 Å². The van der Waals surface area contributed by atoms with Crippen LogP contribution in [0, 0.1) is 0 Å². The summed E-state index contributed by atoms with van der Waals surface area (Å²) >= 11 is 5.95. The lowest BCUT2D eigenvalue weighted by atomic mass is 9.96. The first-order valence-corrected chi connectivity index (χ1v) is 20.4. The predicted octanol–water partition coefficient (Wildman–Crippen LogP) is 5.01. The molecule has 2 saturated heterocycles. The number of aryl methyl sites for hydroxylation is 1. The third-order valence-corrected chi connectivity index (χ3v) is 11.4. The molecule has 0 bridgehead atoms. The number of alkyl halides is 1. The van der Waals surface area contributed by atoms with Gasteiger partial charge < -0.3 is 30.3 Å². The average molecular weight is 781 g/mol. The van der Waals surface area contributed by atoms with E-state index in [1.54, 1.807) is 11.9 Å². The molecule has 4 atom stereocenters. The quantitative estimate of drug-likeness (QED) is 0.146. The Labute approximate surface area is 334 Å². The van der Waals surface area contributed by atoms with E-state index in [9.17, 15) is 24.0 Å². The van der Waals surface area contributed by atoms with E-state index in [1.807, 2.05) is 96.0 Å². The molecule has 1 aromatic heterocycles. The van der Waals surface area contributed by atoms with E-state index in [4.69, 9.17) is 11.6 Å². The van der Waals surface area contributed by atoms with Gasteiger partial charge in [0.2, 0.25) is 29.5 Å². The summed E-state index contributed by atoms with van der Waals surface area (Å²) in [5.41, 5.74) is 3.67. The fraction of sp³-hybridized carbons (Fsp3) is 0.432. The van der Waals surface area contributed by atoms with Gasteiger partial charge in [-0.1, -0.05) is 78.9 Å².